The summed E-state index contributed by atoms with van der Waals surface area (Å²) in [6, 6.07) is 0. The van der Waals surface area contributed by atoms with Crippen LogP contribution in [-0.2, 0) is 7.05 Å². The number of rotatable bonds is 3. The van der Waals surface area contributed by atoms with Crippen molar-refractivity contribution >= 4 is 6.08 Å². The Morgan fingerprint density at radius 3 is 2.46 bits per heavy atom. The van der Waals surface area contributed by atoms with Crippen molar-refractivity contribution in [1.82, 2.24) is 9.55 Å². The Morgan fingerprint density at radius 2 is 2.08 bits per heavy atom. The predicted octanol–water partition coefficient (Wildman–Crippen LogP) is 2.82. The van der Waals surface area contributed by atoms with Crippen LogP contribution in [0.3, 0.4) is 0 Å². The Labute approximate surface area is 80.3 Å². The van der Waals surface area contributed by atoms with Crippen LogP contribution < -0.4 is 0 Å². The topological polar surface area (TPSA) is 17.8 Å². The summed E-state index contributed by atoms with van der Waals surface area (Å²) >= 11 is 0. The van der Waals surface area contributed by atoms with Gasteiger partial charge < -0.3 is 4.57 Å². The van der Waals surface area contributed by atoms with Crippen molar-refractivity contribution in [1.29, 1.82) is 0 Å². The molecule has 13 heavy (non-hydrogen) atoms. The molecule has 0 aliphatic heterocycles. The van der Waals surface area contributed by atoms with E-state index in [4.69, 9.17) is 0 Å². The fourth-order valence-electron chi connectivity index (χ4n) is 1.26. The number of hydrogen-bond acceptors (Lipinski definition) is 1. The van der Waals surface area contributed by atoms with Gasteiger partial charge in [0.05, 0.1) is 5.69 Å². The van der Waals surface area contributed by atoms with Crippen LogP contribution in [0, 0.1) is 5.92 Å². The molecular weight excluding hydrogens is 160 g/mol. The Bertz CT molecular complexity index is 297. The highest BCUT2D eigenvalue weighted by Crippen LogP contribution is 2.22. The van der Waals surface area contributed by atoms with Gasteiger partial charge in [-0.05, 0) is 12.0 Å². The molecule has 1 atom stereocenters. The van der Waals surface area contributed by atoms with Gasteiger partial charge in [0.2, 0.25) is 0 Å². The average Bonchev–Trinajstić information content (AvgIpc) is 2.45. The summed E-state index contributed by atoms with van der Waals surface area (Å²) < 4.78 is 2.02. The first-order chi connectivity index (χ1) is 6.06. The predicted molar refractivity (Wildman–Crippen MR) is 56.6 cm³/mol. The Hall–Kier alpha value is -1.05. The van der Waals surface area contributed by atoms with Gasteiger partial charge in [-0.3, -0.25) is 0 Å². The molecule has 1 heterocycles. The molecule has 0 N–H and O–H groups in total. The standard InChI is InChI=1S/C11H18N2/c1-6-11-12-10(7-13(11)5)9(4)8(2)3/h6-9H,1H2,2-5H3. The van der Waals surface area contributed by atoms with Crippen LogP contribution >= 0.6 is 0 Å². The number of aromatic nitrogens is 2. The molecule has 0 saturated carbocycles. The van der Waals surface area contributed by atoms with Crippen LogP contribution in [0.2, 0.25) is 0 Å². The van der Waals surface area contributed by atoms with E-state index >= 15 is 0 Å². The van der Waals surface area contributed by atoms with Gasteiger partial charge in [-0.1, -0.05) is 27.4 Å². The van der Waals surface area contributed by atoms with Gasteiger partial charge in [-0.2, -0.15) is 0 Å². The maximum atomic E-state index is 4.49. The van der Waals surface area contributed by atoms with Crippen molar-refractivity contribution in [2.75, 3.05) is 0 Å². The Kier molecular flexibility index (Phi) is 2.91. The Morgan fingerprint density at radius 1 is 1.46 bits per heavy atom. The molecule has 2 nitrogen and oxygen atoms in total. The molecular formula is C11H18N2. The minimum absolute atomic E-state index is 0.514. The summed E-state index contributed by atoms with van der Waals surface area (Å²) in [6.07, 6.45) is 3.87. The molecule has 1 aromatic heterocycles. The molecule has 0 aliphatic rings. The van der Waals surface area contributed by atoms with Crippen molar-refractivity contribution in [3.8, 4) is 0 Å². The van der Waals surface area contributed by atoms with Gasteiger partial charge in [0.15, 0.2) is 0 Å². The van der Waals surface area contributed by atoms with Crippen molar-refractivity contribution in [3.05, 3.63) is 24.3 Å². The molecule has 0 aromatic carbocycles. The molecule has 1 unspecified atom stereocenters. The van der Waals surface area contributed by atoms with Gasteiger partial charge in [-0.15, -0.1) is 0 Å². The SMILES string of the molecule is C=Cc1nc(C(C)C(C)C)cn1C. The number of hydrogen-bond donors (Lipinski definition) is 0. The maximum absolute atomic E-state index is 4.49. The van der Waals surface area contributed by atoms with Crippen LogP contribution in [0.5, 0.6) is 0 Å². The maximum Gasteiger partial charge on any atom is 0.132 e. The average molecular weight is 178 g/mol. The van der Waals surface area contributed by atoms with Crippen LogP contribution in [-0.4, -0.2) is 9.55 Å². The fourth-order valence-corrected chi connectivity index (χ4v) is 1.26. The van der Waals surface area contributed by atoms with E-state index in [1.54, 1.807) is 6.08 Å². The largest absolute Gasteiger partial charge is 0.334 e. The number of imidazole rings is 1. The Balaban J connectivity index is 2.96. The normalized spacial score (nSPS) is 13.3. The molecule has 1 rings (SSSR count). The highest BCUT2D eigenvalue weighted by atomic mass is 15.0. The molecule has 0 saturated heterocycles. The third-order valence-corrected chi connectivity index (χ3v) is 2.58. The first-order valence-electron chi connectivity index (χ1n) is 4.72. The van der Waals surface area contributed by atoms with Gasteiger partial charge in [0, 0.05) is 19.2 Å². The second-order valence-electron chi connectivity index (χ2n) is 3.87. The van der Waals surface area contributed by atoms with Crippen LogP contribution in [0.25, 0.3) is 6.08 Å². The molecule has 0 fully saturated rings. The zero-order valence-corrected chi connectivity index (χ0v) is 8.91. The van der Waals surface area contributed by atoms with Gasteiger partial charge in [0.25, 0.3) is 0 Å². The zero-order valence-electron chi connectivity index (χ0n) is 8.91. The van der Waals surface area contributed by atoms with Crippen LogP contribution in [0.1, 0.15) is 38.2 Å². The number of aryl methyl sites for hydroxylation is 1. The van der Waals surface area contributed by atoms with E-state index in [1.165, 1.54) is 0 Å². The molecule has 0 bridgehead atoms. The lowest BCUT2D eigenvalue weighted by Gasteiger charge is -2.11. The monoisotopic (exact) mass is 178 g/mol. The quantitative estimate of drug-likeness (QED) is 0.696. The van der Waals surface area contributed by atoms with E-state index in [1.807, 2.05) is 11.6 Å². The summed E-state index contributed by atoms with van der Waals surface area (Å²) in [5, 5.41) is 0. The van der Waals surface area contributed by atoms with E-state index < -0.39 is 0 Å². The van der Waals surface area contributed by atoms with E-state index in [0.29, 0.717) is 11.8 Å². The molecule has 0 radical (unpaired) electrons. The summed E-state index contributed by atoms with van der Waals surface area (Å²) in [5.74, 6) is 2.09. The first-order valence-corrected chi connectivity index (χ1v) is 4.72. The van der Waals surface area contributed by atoms with Gasteiger partial charge in [-0.25, -0.2) is 4.98 Å². The number of nitrogens with zero attached hydrogens (tertiary/aromatic N) is 2. The minimum Gasteiger partial charge on any atom is -0.334 e. The highest BCUT2D eigenvalue weighted by molar-refractivity contribution is 5.37. The molecule has 0 aliphatic carbocycles. The van der Waals surface area contributed by atoms with Crippen molar-refractivity contribution in [2.45, 2.75) is 26.7 Å². The molecule has 0 amide bonds. The molecule has 2 heteroatoms. The lowest BCUT2D eigenvalue weighted by Crippen LogP contribution is -2.02. The van der Waals surface area contributed by atoms with Crippen molar-refractivity contribution in [2.24, 2.45) is 13.0 Å². The lowest BCUT2D eigenvalue weighted by molar-refractivity contribution is 0.525. The lowest BCUT2D eigenvalue weighted by atomic mass is 9.95. The first kappa shape index (κ1) is 10.0. The third-order valence-electron chi connectivity index (χ3n) is 2.58. The molecule has 72 valence electrons. The van der Waals surface area contributed by atoms with Gasteiger partial charge >= 0.3 is 0 Å². The fraction of sp³-hybridized carbons (Fsp3) is 0.545. The summed E-state index contributed by atoms with van der Waals surface area (Å²) in [4.78, 5) is 4.49. The molecule has 1 aromatic rings. The summed E-state index contributed by atoms with van der Waals surface area (Å²) in [6.45, 7) is 10.4. The zero-order chi connectivity index (χ0) is 10.0. The summed E-state index contributed by atoms with van der Waals surface area (Å²) in [7, 11) is 2.00. The minimum atomic E-state index is 0.514. The second kappa shape index (κ2) is 3.77. The molecule has 0 spiro atoms. The van der Waals surface area contributed by atoms with Crippen molar-refractivity contribution in [3.63, 3.8) is 0 Å². The van der Waals surface area contributed by atoms with E-state index in [2.05, 4.69) is 38.5 Å². The van der Waals surface area contributed by atoms with Crippen molar-refractivity contribution < 1.29 is 0 Å². The third kappa shape index (κ3) is 2.00. The van der Waals surface area contributed by atoms with E-state index in [0.717, 1.165) is 11.5 Å². The van der Waals surface area contributed by atoms with Gasteiger partial charge in [0.1, 0.15) is 5.82 Å². The summed E-state index contributed by atoms with van der Waals surface area (Å²) in [5.41, 5.74) is 1.16. The smallest absolute Gasteiger partial charge is 0.132 e. The second-order valence-corrected chi connectivity index (χ2v) is 3.87. The van der Waals surface area contributed by atoms with Crippen LogP contribution in [0.15, 0.2) is 12.8 Å². The van der Waals surface area contributed by atoms with E-state index in [9.17, 15) is 0 Å². The van der Waals surface area contributed by atoms with E-state index in [-0.39, 0.29) is 0 Å². The highest BCUT2D eigenvalue weighted by Gasteiger charge is 2.13. The van der Waals surface area contributed by atoms with Crippen LogP contribution in [0.4, 0.5) is 0 Å².